The van der Waals surface area contributed by atoms with Crippen molar-refractivity contribution in [2.75, 3.05) is 39.3 Å². The number of nitriles is 1. The van der Waals surface area contributed by atoms with E-state index in [1.807, 2.05) is 0 Å². The van der Waals surface area contributed by atoms with Gasteiger partial charge in [0.1, 0.15) is 5.54 Å². The lowest BCUT2D eigenvalue weighted by Crippen LogP contribution is -2.51. The fourth-order valence-electron chi connectivity index (χ4n) is 4.02. The summed E-state index contributed by atoms with van der Waals surface area (Å²) in [6, 6.07) is 3.01. The van der Waals surface area contributed by atoms with E-state index in [9.17, 15) is 5.26 Å². The predicted octanol–water partition coefficient (Wildman–Crippen LogP) is 2.07. The third-order valence-electron chi connectivity index (χ3n) is 5.27. The van der Waals surface area contributed by atoms with Gasteiger partial charge >= 0.3 is 0 Å². The molecule has 1 N–H and O–H groups in total. The second-order valence-electron chi connectivity index (χ2n) is 7.04. The van der Waals surface area contributed by atoms with Crippen molar-refractivity contribution in [3.05, 3.63) is 0 Å². The van der Waals surface area contributed by atoms with Gasteiger partial charge in [-0.25, -0.2) is 0 Å². The first kappa shape index (κ1) is 16.7. The molecule has 2 rings (SSSR count). The molecule has 0 aromatic carbocycles. The standard InChI is InChI=1S/C17H32N4/c1-4-20-10-12-21(13-11-20)9-7-16-6-5-8-17(16,14-18)19-15(2)3/h15-16,19H,4-13H2,1-3H3. The van der Waals surface area contributed by atoms with E-state index in [4.69, 9.17) is 0 Å². The van der Waals surface area contributed by atoms with Crippen molar-refractivity contribution in [1.29, 1.82) is 5.26 Å². The highest BCUT2D eigenvalue weighted by Gasteiger charge is 2.43. The molecule has 0 spiro atoms. The normalized spacial score (nSPS) is 31.7. The van der Waals surface area contributed by atoms with Gasteiger partial charge in [-0.1, -0.05) is 13.3 Å². The van der Waals surface area contributed by atoms with Gasteiger partial charge in [0.2, 0.25) is 0 Å². The Balaban J connectivity index is 1.83. The summed E-state index contributed by atoms with van der Waals surface area (Å²) < 4.78 is 0. The van der Waals surface area contributed by atoms with Crippen LogP contribution in [0.2, 0.25) is 0 Å². The molecular formula is C17H32N4. The first-order chi connectivity index (χ1) is 10.1. The van der Waals surface area contributed by atoms with E-state index in [-0.39, 0.29) is 5.54 Å². The van der Waals surface area contributed by atoms with Gasteiger partial charge in [0.25, 0.3) is 0 Å². The quantitative estimate of drug-likeness (QED) is 0.814. The van der Waals surface area contributed by atoms with E-state index in [1.165, 1.54) is 52.0 Å². The van der Waals surface area contributed by atoms with E-state index in [0.717, 1.165) is 13.0 Å². The van der Waals surface area contributed by atoms with E-state index in [1.54, 1.807) is 0 Å². The molecule has 0 amide bonds. The molecule has 0 bridgehead atoms. The Kier molecular flexibility index (Phi) is 6.04. The van der Waals surface area contributed by atoms with Crippen molar-refractivity contribution in [2.45, 2.75) is 58.0 Å². The van der Waals surface area contributed by atoms with Crippen LogP contribution in [0.4, 0.5) is 0 Å². The van der Waals surface area contributed by atoms with Gasteiger partial charge in [-0.2, -0.15) is 5.26 Å². The zero-order valence-electron chi connectivity index (χ0n) is 14.1. The number of hydrogen-bond acceptors (Lipinski definition) is 4. The van der Waals surface area contributed by atoms with Crippen LogP contribution < -0.4 is 5.32 Å². The van der Waals surface area contributed by atoms with Crippen molar-refractivity contribution in [3.8, 4) is 6.07 Å². The molecule has 4 heteroatoms. The third-order valence-corrected chi connectivity index (χ3v) is 5.27. The van der Waals surface area contributed by atoms with E-state index in [0.29, 0.717) is 12.0 Å². The van der Waals surface area contributed by atoms with Gasteiger partial charge in [0, 0.05) is 32.2 Å². The van der Waals surface area contributed by atoms with Crippen molar-refractivity contribution < 1.29 is 0 Å². The highest BCUT2D eigenvalue weighted by molar-refractivity contribution is 5.14. The SMILES string of the molecule is CCN1CCN(CCC2CCCC2(C#N)NC(C)C)CC1. The lowest BCUT2D eigenvalue weighted by atomic mass is 9.85. The number of piperazine rings is 1. The smallest absolute Gasteiger partial charge is 0.109 e. The number of hydrogen-bond donors (Lipinski definition) is 1. The highest BCUT2D eigenvalue weighted by atomic mass is 15.3. The van der Waals surface area contributed by atoms with Crippen LogP contribution in [0.15, 0.2) is 0 Å². The van der Waals surface area contributed by atoms with Crippen LogP contribution >= 0.6 is 0 Å². The maximum absolute atomic E-state index is 9.71. The van der Waals surface area contributed by atoms with Gasteiger partial charge < -0.3 is 9.80 Å². The minimum atomic E-state index is -0.264. The van der Waals surface area contributed by atoms with Crippen LogP contribution in [0.5, 0.6) is 0 Å². The molecule has 1 heterocycles. The molecule has 2 aliphatic rings. The monoisotopic (exact) mass is 292 g/mol. The van der Waals surface area contributed by atoms with Gasteiger partial charge in [0.15, 0.2) is 0 Å². The van der Waals surface area contributed by atoms with Crippen molar-refractivity contribution >= 4 is 0 Å². The van der Waals surface area contributed by atoms with Crippen LogP contribution in [0.25, 0.3) is 0 Å². The average molecular weight is 292 g/mol. The zero-order chi connectivity index (χ0) is 15.3. The van der Waals surface area contributed by atoms with Crippen LogP contribution in [-0.2, 0) is 0 Å². The van der Waals surface area contributed by atoms with Crippen molar-refractivity contribution in [1.82, 2.24) is 15.1 Å². The molecule has 2 atom stereocenters. The van der Waals surface area contributed by atoms with E-state index in [2.05, 4.69) is 42.0 Å². The molecule has 2 unspecified atom stereocenters. The molecule has 2 fully saturated rings. The Hall–Kier alpha value is -0.630. The molecule has 1 saturated heterocycles. The van der Waals surface area contributed by atoms with Crippen molar-refractivity contribution in [3.63, 3.8) is 0 Å². The van der Waals surface area contributed by atoms with Crippen LogP contribution in [0.1, 0.15) is 46.5 Å². The summed E-state index contributed by atoms with van der Waals surface area (Å²) in [5, 5.41) is 13.3. The molecule has 1 saturated carbocycles. The molecule has 1 aliphatic heterocycles. The number of likely N-dealkylation sites (N-methyl/N-ethyl adjacent to an activating group) is 1. The Morgan fingerprint density at radius 2 is 1.90 bits per heavy atom. The summed E-state index contributed by atoms with van der Waals surface area (Å²) in [4.78, 5) is 5.11. The fraction of sp³-hybridized carbons (Fsp3) is 0.941. The summed E-state index contributed by atoms with van der Waals surface area (Å²) in [6.45, 7) is 13.7. The molecule has 4 nitrogen and oxygen atoms in total. The van der Waals surface area contributed by atoms with Gasteiger partial charge in [-0.15, -0.1) is 0 Å². The van der Waals surface area contributed by atoms with E-state index < -0.39 is 0 Å². The first-order valence-electron chi connectivity index (χ1n) is 8.73. The molecule has 21 heavy (non-hydrogen) atoms. The molecule has 0 aromatic rings. The lowest BCUT2D eigenvalue weighted by Gasteiger charge is -2.36. The zero-order valence-corrected chi connectivity index (χ0v) is 14.1. The van der Waals surface area contributed by atoms with E-state index >= 15 is 0 Å². The largest absolute Gasteiger partial charge is 0.301 e. The minimum Gasteiger partial charge on any atom is -0.301 e. The number of nitrogens with one attached hydrogen (secondary N) is 1. The lowest BCUT2D eigenvalue weighted by molar-refractivity contribution is 0.126. The Morgan fingerprint density at radius 1 is 1.24 bits per heavy atom. The first-order valence-corrected chi connectivity index (χ1v) is 8.73. The fourth-order valence-corrected chi connectivity index (χ4v) is 4.02. The predicted molar refractivity (Wildman–Crippen MR) is 87.1 cm³/mol. The number of rotatable bonds is 6. The van der Waals surface area contributed by atoms with Gasteiger partial charge in [-0.3, -0.25) is 5.32 Å². The number of nitrogens with zero attached hydrogens (tertiary/aromatic N) is 3. The molecule has 1 aliphatic carbocycles. The van der Waals surface area contributed by atoms with Crippen molar-refractivity contribution in [2.24, 2.45) is 5.92 Å². The Bertz CT molecular complexity index is 354. The summed E-state index contributed by atoms with van der Waals surface area (Å²) in [6.07, 6.45) is 4.60. The molecule has 120 valence electrons. The second-order valence-corrected chi connectivity index (χ2v) is 7.04. The third kappa shape index (κ3) is 4.18. The summed E-state index contributed by atoms with van der Waals surface area (Å²) >= 11 is 0. The highest BCUT2D eigenvalue weighted by Crippen LogP contribution is 2.38. The minimum absolute atomic E-state index is 0.264. The van der Waals surface area contributed by atoms with Crippen LogP contribution in [0.3, 0.4) is 0 Å². The molecular weight excluding hydrogens is 260 g/mol. The summed E-state index contributed by atoms with van der Waals surface area (Å²) in [5.74, 6) is 0.522. The summed E-state index contributed by atoms with van der Waals surface area (Å²) in [7, 11) is 0. The second kappa shape index (κ2) is 7.58. The maximum Gasteiger partial charge on any atom is 0.109 e. The Labute approximate surface area is 130 Å². The average Bonchev–Trinajstić information content (AvgIpc) is 2.88. The van der Waals surface area contributed by atoms with Crippen LogP contribution in [0, 0.1) is 17.2 Å². The van der Waals surface area contributed by atoms with Gasteiger partial charge in [0.05, 0.1) is 6.07 Å². The van der Waals surface area contributed by atoms with Crippen LogP contribution in [-0.4, -0.2) is 60.6 Å². The Morgan fingerprint density at radius 3 is 2.48 bits per heavy atom. The van der Waals surface area contributed by atoms with Gasteiger partial charge in [-0.05, 0) is 52.1 Å². The molecule has 0 aromatic heterocycles. The molecule has 0 radical (unpaired) electrons. The topological polar surface area (TPSA) is 42.3 Å². The maximum atomic E-state index is 9.71. The summed E-state index contributed by atoms with van der Waals surface area (Å²) in [5.41, 5.74) is -0.264.